The molecule has 0 spiro atoms. The summed E-state index contributed by atoms with van der Waals surface area (Å²) in [4.78, 5) is 11.1. The van der Waals surface area contributed by atoms with E-state index in [9.17, 15) is 4.80 Å². The third-order valence-corrected chi connectivity index (χ3v) is 6.78. The van der Waals surface area contributed by atoms with Crippen molar-refractivity contribution in [3.05, 3.63) is 35.9 Å². The van der Waals surface area contributed by atoms with Gasteiger partial charge in [-0.1, -0.05) is 30.3 Å². The maximum absolute atomic E-state index is 11.1. The topological polar surface area (TPSA) is 38.7 Å². The molecule has 1 saturated carbocycles. The molecule has 0 radical (unpaired) electrons. The number of benzene rings is 1. The monoisotopic (exact) mass is 308 g/mol. The van der Waals surface area contributed by atoms with Crippen molar-refractivity contribution in [2.75, 3.05) is 0 Å². The molecule has 0 heterocycles. The molecule has 0 unspecified atom stereocenters. The summed E-state index contributed by atoms with van der Waals surface area (Å²) < 4.78 is 12.1. The Labute approximate surface area is 129 Å². The van der Waals surface area contributed by atoms with Crippen molar-refractivity contribution >= 4 is 8.80 Å². The van der Waals surface area contributed by atoms with Crippen LogP contribution in [0.15, 0.2) is 30.3 Å². The molecule has 0 aliphatic heterocycles. The minimum Gasteiger partial charge on any atom is -0.389 e. The Morgan fingerprint density at radius 2 is 1.43 bits per heavy atom. The molecular weight excluding hydrogens is 280 g/mol. The molecule has 21 heavy (non-hydrogen) atoms. The second-order valence-corrected chi connectivity index (χ2v) is 10.3. The molecule has 0 saturated heterocycles. The fourth-order valence-corrected chi connectivity index (χ4v) is 6.07. The molecule has 0 aromatic heterocycles. The molecule has 4 heteroatoms. The van der Waals surface area contributed by atoms with Crippen LogP contribution in [-0.2, 0) is 8.85 Å². The average molecular weight is 308 g/mol. The largest absolute Gasteiger partial charge is 0.502 e. The van der Waals surface area contributed by atoms with Gasteiger partial charge in [0.1, 0.15) is 0 Å². The zero-order valence-corrected chi connectivity index (χ0v) is 15.0. The van der Waals surface area contributed by atoms with Gasteiger partial charge >= 0.3 is 8.80 Å². The van der Waals surface area contributed by atoms with E-state index < -0.39 is 20.0 Å². The van der Waals surface area contributed by atoms with Crippen molar-refractivity contribution < 1.29 is 13.6 Å². The van der Waals surface area contributed by atoms with Crippen molar-refractivity contribution in [2.45, 2.75) is 70.6 Å². The van der Waals surface area contributed by atoms with Crippen LogP contribution in [0.5, 0.6) is 0 Å². The molecule has 0 bridgehead atoms. The van der Waals surface area contributed by atoms with Crippen LogP contribution in [0.2, 0.25) is 5.54 Å². The van der Waals surface area contributed by atoms with Gasteiger partial charge in [0.05, 0.1) is 11.2 Å². The van der Waals surface area contributed by atoms with Crippen LogP contribution in [0.3, 0.4) is 0 Å². The highest BCUT2D eigenvalue weighted by molar-refractivity contribution is 6.62. The summed E-state index contributed by atoms with van der Waals surface area (Å²) in [5.74, 6) is 0.354. The Morgan fingerprint density at radius 1 is 0.952 bits per heavy atom. The smallest absolute Gasteiger partial charge is 0.389 e. The summed E-state index contributed by atoms with van der Waals surface area (Å²) >= 11 is 0. The summed E-state index contributed by atoms with van der Waals surface area (Å²) in [6.45, 7) is 11.8. The molecule has 1 aliphatic rings. The van der Waals surface area contributed by atoms with Crippen LogP contribution >= 0.6 is 0 Å². The number of hydrogen-bond donors (Lipinski definition) is 1. The predicted octanol–water partition coefficient (Wildman–Crippen LogP) is 4.11. The van der Waals surface area contributed by atoms with Crippen LogP contribution < -0.4 is 0 Å². The molecule has 1 aliphatic carbocycles. The summed E-state index contributed by atoms with van der Waals surface area (Å²) in [6, 6.07) is 10.3. The second kappa shape index (κ2) is 5.50. The fraction of sp³-hybridized carbons (Fsp3) is 0.647. The molecular formula is C17H28O3Si. The van der Waals surface area contributed by atoms with E-state index in [-0.39, 0.29) is 5.54 Å². The molecule has 3 nitrogen and oxygen atoms in total. The molecule has 1 aromatic carbocycles. The molecule has 2 atom stereocenters. The van der Waals surface area contributed by atoms with Crippen LogP contribution in [0.4, 0.5) is 0 Å². The zero-order valence-electron chi connectivity index (χ0n) is 14.0. The van der Waals surface area contributed by atoms with Crippen molar-refractivity contribution in [3.8, 4) is 0 Å². The molecule has 118 valence electrons. The van der Waals surface area contributed by atoms with Crippen molar-refractivity contribution in [1.82, 2.24) is 0 Å². The second-order valence-electron chi connectivity index (χ2n) is 7.92. The lowest BCUT2D eigenvalue weighted by molar-refractivity contribution is -0.0285. The zero-order chi connectivity index (χ0) is 15.9. The van der Waals surface area contributed by atoms with Gasteiger partial charge in [0, 0.05) is 5.54 Å². The normalized spacial score (nSPS) is 23.2. The SMILES string of the molecule is CC(C)(C)O[Si](O)(OC(C)(C)C)[C@H]1C[C@@H]1c1ccccc1. The van der Waals surface area contributed by atoms with E-state index in [2.05, 4.69) is 12.1 Å². The van der Waals surface area contributed by atoms with Gasteiger partial charge in [0.15, 0.2) is 0 Å². The van der Waals surface area contributed by atoms with Gasteiger partial charge < -0.3 is 13.6 Å². The standard InChI is InChI=1S/C17H28O3Si/c1-16(2,3)19-21(18,20-17(4,5)6)15-12-14(15)13-10-8-7-9-11-13/h7-11,14-15,18H,12H2,1-6H3/t14-,15+/m1/s1. The number of hydrogen-bond acceptors (Lipinski definition) is 3. The van der Waals surface area contributed by atoms with Gasteiger partial charge in [0.2, 0.25) is 0 Å². The highest BCUT2D eigenvalue weighted by Crippen LogP contribution is 2.59. The van der Waals surface area contributed by atoms with Gasteiger partial charge in [0.25, 0.3) is 0 Å². The van der Waals surface area contributed by atoms with Crippen LogP contribution in [-0.4, -0.2) is 24.8 Å². The lowest BCUT2D eigenvalue weighted by Gasteiger charge is -2.37. The van der Waals surface area contributed by atoms with E-state index in [0.717, 1.165) is 6.42 Å². The van der Waals surface area contributed by atoms with Gasteiger partial charge in [-0.25, -0.2) is 0 Å². The van der Waals surface area contributed by atoms with Gasteiger partial charge in [-0.2, -0.15) is 0 Å². The lowest BCUT2D eigenvalue weighted by Crippen LogP contribution is -2.52. The number of rotatable bonds is 4. The summed E-state index contributed by atoms with van der Waals surface area (Å²) in [5.41, 5.74) is 0.563. The summed E-state index contributed by atoms with van der Waals surface area (Å²) in [7, 11) is -3.23. The minimum atomic E-state index is -3.23. The van der Waals surface area contributed by atoms with E-state index in [1.807, 2.05) is 59.7 Å². The maximum atomic E-state index is 11.1. The molecule has 0 amide bonds. The Morgan fingerprint density at radius 3 is 1.86 bits per heavy atom. The Balaban J connectivity index is 2.18. The van der Waals surface area contributed by atoms with Crippen molar-refractivity contribution in [3.63, 3.8) is 0 Å². The predicted molar refractivity (Wildman–Crippen MR) is 87.2 cm³/mol. The van der Waals surface area contributed by atoms with E-state index in [1.165, 1.54) is 5.56 Å². The average Bonchev–Trinajstić information content (AvgIpc) is 3.05. The van der Waals surface area contributed by atoms with Gasteiger partial charge in [-0.3, -0.25) is 0 Å². The first-order valence-corrected chi connectivity index (χ1v) is 9.52. The first kappa shape index (κ1) is 16.7. The van der Waals surface area contributed by atoms with Crippen molar-refractivity contribution in [2.24, 2.45) is 0 Å². The van der Waals surface area contributed by atoms with Gasteiger partial charge in [-0.05, 0) is 59.4 Å². The first-order chi connectivity index (χ1) is 9.50. The van der Waals surface area contributed by atoms with Crippen LogP contribution in [0.25, 0.3) is 0 Å². The van der Waals surface area contributed by atoms with Crippen LogP contribution in [0.1, 0.15) is 59.4 Å². The third kappa shape index (κ3) is 4.64. The highest BCUT2D eigenvalue weighted by Gasteiger charge is 2.62. The van der Waals surface area contributed by atoms with E-state index in [1.54, 1.807) is 0 Å². The summed E-state index contributed by atoms with van der Waals surface area (Å²) in [5, 5.41) is 0. The highest BCUT2D eigenvalue weighted by atomic mass is 28.4. The molecule has 1 aromatic rings. The fourth-order valence-electron chi connectivity index (χ4n) is 2.72. The van der Waals surface area contributed by atoms with E-state index in [0.29, 0.717) is 5.92 Å². The van der Waals surface area contributed by atoms with Gasteiger partial charge in [-0.15, -0.1) is 0 Å². The third-order valence-electron chi connectivity index (χ3n) is 3.39. The Hall–Kier alpha value is -0.683. The maximum Gasteiger partial charge on any atom is 0.502 e. The minimum absolute atomic E-state index is 0.110. The van der Waals surface area contributed by atoms with Crippen LogP contribution in [0, 0.1) is 0 Å². The lowest BCUT2D eigenvalue weighted by atomic mass is 10.1. The molecule has 1 N–H and O–H groups in total. The molecule has 1 fully saturated rings. The molecule has 2 rings (SSSR count). The van der Waals surface area contributed by atoms with E-state index >= 15 is 0 Å². The van der Waals surface area contributed by atoms with Crippen molar-refractivity contribution in [1.29, 1.82) is 0 Å². The quantitative estimate of drug-likeness (QED) is 0.851. The van der Waals surface area contributed by atoms with E-state index in [4.69, 9.17) is 8.85 Å². The summed E-state index contributed by atoms with van der Waals surface area (Å²) in [6.07, 6.45) is 0.943. The Kier molecular flexibility index (Phi) is 4.37. The Bertz CT molecular complexity index is 457. The first-order valence-electron chi connectivity index (χ1n) is 7.68.